The molecule has 1 amide bonds. The van der Waals surface area contributed by atoms with Crippen molar-refractivity contribution in [1.82, 2.24) is 14.8 Å². The average Bonchev–Trinajstić information content (AvgIpc) is 3.01. The molecular weight excluding hydrogens is 353 g/mol. The molecule has 0 unspecified atom stereocenters. The molecule has 0 spiro atoms. The minimum absolute atomic E-state index is 0.111. The fourth-order valence-corrected chi connectivity index (χ4v) is 3.02. The molecule has 1 heterocycles. The molecule has 2 aromatic carbocycles. The molecule has 0 atom stereocenters. The smallest absolute Gasteiger partial charge is 0.234 e. The Labute approximate surface area is 153 Å². The van der Waals surface area contributed by atoms with E-state index in [2.05, 4.69) is 15.5 Å². The fraction of sp³-hybridized carbons (Fsp3) is 0.111. The molecule has 0 aliphatic heterocycles. The number of anilines is 1. The quantitative estimate of drug-likeness (QED) is 0.700. The predicted molar refractivity (Wildman–Crippen MR) is 96.9 cm³/mol. The number of nitrogens with one attached hydrogen (secondary N) is 1. The highest BCUT2D eigenvalue weighted by Crippen LogP contribution is 2.24. The zero-order chi connectivity index (χ0) is 18.5. The number of amides is 1. The molecule has 0 aliphatic rings. The third-order valence-electron chi connectivity index (χ3n) is 3.56. The Bertz CT molecular complexity index is 995. The number of hydrogen-bond acceptors (Lipinski definition) is 5. The Morgan fingerprint density at radius 1 is 1.27 bits per heavy atom. The molecule has 130 valence electrons. The SMILES string of the molecule is Cn1c(SCC(=O)Nc2cccc(C#N)c2)nnc1-c1ccccc1F. The van der Waals surface area contributed by atoms with Crippen LogP contribution in [0, 0.1) is 17.1 Å². The highest BCUT2D eigenvalue weighted by atomic mass is 32.2. The zero-order valence-corrected chi connectivity index (χ0v) is 14.6. The van der Waals surface area contributed by atoms with Gasteiger partial charge in [-0.3, -0.25) is 4.79 Å². The van der Waals surface area contributed by atoms with Gasteiger partial charge in [0, 0.05) is 12.7 Å². The number of nitrogens with zero attached hydrogens (tertiary/aromatic N) is 4. The summed E-state index contributed by atoms with van der Waals surface area (Å²) in [5.41, 5.74) is 1.38. The summed E-state index contributed by atoms with van der Waals surface area (Å²) in [5, 5.41) is 20.2. The normalized spacial score (nSPS) is 10.3. The number of halogens is 1. The van der Waals surface area contributed by atoms with Crippen molar-refractivity contribution in [3.05, 3.63) is 59.9 Å². The van der Waals surface area contributed by atoms with Gasteiger partial charge in [-0.2, -0.15) is 5.26 Å². The maximum Gasteiger partial charge on any atom is 0.234 e. The summed E-state index contributed by atoms with van der Waals surface area (Å²) in [7, 11) is 1.72. The first-order valence-corrected chi connectivity index (χ1v) is 8.64. The number of hydrogen-bond donors (Lipinski definition) is 1. The van der Waals surface area contributed by atoms with Crippen molar-refractivity contribution >= 4 is 23.4 Å². The van der Waals surface area contributed by atoms with E-state index >= 15 is 0 Å². The second-order valence-electron chi connectivity index (χ2n) is 5.37. The molecule has 6 nitrogen and oxygen atoms in total. The molecule has 1 aromatic heterocycles. The second-order valence-corrected chi connectivity index (χ2v) is 6.32. The molecule has 0 bridgehead atoms. The summed E-state index contributed by atoms with van der Waals surface area (Å²) in [6.07, 6.45) is 0. The van der Waals surface area contributed by atoms with Crippen LogP contribution in [-0.4, -0.2) is 26.4 Å². The van der Waals surface area contributed by atoms with Crippen LogP contribution in [0.3, 0.4) is 0 Å². The number of rotatable bonds is 5. The number of aromatic nitrogens is 3. The van der Waals surface area contributed by atoms with Gasteiger partial charge >= 0.3 is 0 Å². The van der Waals surface area contributed by atoms with Gasteiger partial charge in [0.1, 0.15) is 5.82 Å². The molecule has 1 N–H and O–H groups in total. The van der Waals surface area contributed by atoms with E-state index < -0.39 is 0 Å². The van der Waals surface area contributed by atoms with Gasteiger partial charge in [0.05, 0.1) is 22.9 Å². The molecule has 0 fully saturated rings. The summed E-state index contributed by atoms with van der Waals surface area (Å²) in [6, 6.07) is 15.0. The second kappa shape index (κ2) is 7.80. The van der Waals surface area contributed by atoms with Gasteiger partial charge in [-0.25, -0.2) is 4.39 Å². The van der Waals surface area contributed by atoms with E-state index in [4.69, 9.17) is 5.26 Å². The molecular formula is C18H14FN5OS. The maximum atomic E-state index is 13.9. The van der Waals surface area contributed by atoms with E-state index in [9.17, 15) is 9.18 Å². The molecule has 26 heavy (non-hydrogen) atoms. The molecule has 8 heteroatoms. The van der Waals surface area contributed by atoms with E-state index in [-0.39, 0.29) is 17.5 Å². The Hall–Kier alpha value is -3.18. The van der Waals surface area contributed by atoms with Gasteiger partial charge in [0.25, 0.3) is 0 Å². The van der Waals surface area contributed by atoms with Crippen LogP contribution in [0.2, 0.25) is 0 Å². The molecule has 0 saturated carbocycles. The summed E-state index contributed by atoms with van der Waals surface area (Å²) in [6.45, 7) is 0. The highest BCUT2D eigenvalue weighted by Gasteiger charge is 2.15. The van der Waals surface area contributed by atoms with Gasteiger partial charge in [0.15, 0.2) is 11.0 Å². The Morgan fingerprint density at radius 2 is 2.08 bits per heavy atom. The minimum atomic E-state index is -0.380. The first-order valence-electron chi connectivity index (χ1n) is 7.65. The Morgan fingerprint density at radius 3 is 2.85 bits per heavy atom. The van der Waals surface area contributed by atoms with E-state index in [1.807, 2.05) is 6.07 Å². The van der Waals surface area contributed by atoms with Crippen LogP contribution in [-0.2, 0) is 11.8 Å². The minimum Gasteiger partial charge on any atom is -0.325 e. The van der Waals surface area contributed by atoms with Crippen LogP contribution >= 0.6 is 11.8 Å². The number of carbonyl (C=O) groups excluding carboxylic acids is 1. The zero-order valence-electron chi connectivity index (χ0n) is 13.8. The molecule has 0 saturated heterocycles. The maximum absolute atomic E-state index is 13.9. The highest BCUT2D eigenvalue weighted by molar-refractivity contribution is 7.99. The molecule has 3 rings (SSSR count). The summed E-state index contributed by atoms with van der Waals surface area (Å²) in [5.74, 6) is -0.108. The number of thioether (sulfide) groups is 1. The topological polar surface area (TPSA) is 83.6 Å². The summed E-state index contributed by atoms with van der Waals surface area (Å²) in [4.78, 5) is 12.1. The van der Waals surface area contributed by atoms with Crippen LogP contribution in [0.1, 0.15) is 5.56 Å². The largest absolute Gasteiger partial charge is 0.325 e. The van der Waals surface area contributed by atoms with E-state index in [0.717, 1.165) is 0 Å². The van der Waals surface area contributed by atoms with Crippen molar-refractivity contribution in [3.8, 4) is 17.5 Å². The van der Waals surface area contributed by atoms with Crippen LogP contribution in [0.5, 0.6) is 0 Å². The lowest BCUT2D eigenvalue weighted by Crippen LogP contribution is -2.14. The van der Waals surface area contributed by atoms with Gasteiger partial charge in [0.2, 0.25) is 5.91 Å². The average molecular weight is 367 g/mol. The van der Waals surface area contributed by atoms with Crippen LogP contribution in [0.4, 0.5) is 10.1 Å². The third-order valence-corrected chi connectivity index (χ3v) is 4.58. The van der Waals surface area contributed by atoms with E-state index in [1.54, 1.807) is 54.1 Å². The lowest BCUT2D eigenvalue weighted by Gasteiger charge is -2.06. The lowest BCUT2D eigenvalue weighted by molar-refractivity contribution is -0.113. The fourth-order valence-electron chi connectivity index (χ4n) is 2.31. The molecule has 0 aliphatic carbocycles. The Balaban J connectivity index is 1.66. The van der Waals surface area contributed by atoms with Crippen molar-refractivity contribution < 1.29 is 9.18 Å². The number of nitriles is 1. The van der Waals surface area contributed by atoms with Gasteiger partial charge in [-0.1, -0.05) is 30.0 Å². The first-order chi connectivity index (χ1) is 12.6. The van der Waals surface area contributed by atoms with Crippen molar-refractivity contribution in [2.75, 3.05) is 11.1 Å². The summed E-state index contributed by atoms with van der Waals surface area (Å²) >= 11 is 1.20. The van der Waals surface area contributed by atoms with Crippen LogP contribution in [0.25, 0.3) is 11.4 Å². The van der Waals surface area contributed by atoms with Crippen molar-refractivity contribution in [2.45, 2.75) is 5.16 Å². The Kier molecular flexibility index (Phi) is 5.29. The van der Waals surface area contributed by atoms with E-state index in [1.165, 1.54) is 17.8 Å². The number of benzene rings is 2. The van der Waals surface area contributed by atoms with Crippen LogP contribution in [0.15, 0.2) is 53.7 Å². The predicted octanol–water partition coefficient (Wildman–Crippen LogP) is 3.22. The first kappa shape index (κ1) is 17.6. The van der Waals surface area contributed by atoms with Crippen molar-refractivity contribution in [3.63, 3.8) is 0 Å². The van der Waals surface area contributed by atoms with Gasteiger partial charge in [-0.15, -0.1) is 10.2 Å². The molecule has 0 radical (unpaired) electrons. The molecule has 3 aromatic rings. The standard InChI is InChI=1S/C18H14FN5OS/c1-24-17(14-7-2-3-8-15(14)19)22-23-18(24)26-11-16(25)21-13-6-4-5-12(9-13)10-20/h2-9H,11H2,1H3,(H,21,25). The van der Waals surface area contributed by atoms with Gasteiger partial charge < -0.3 is 9.88 Å². The van der Waals surface area contributed by atoms with E-state index in [0.29, 0.717) is 27.8 Å². The monoisotopic (exact) mass is 367 g/mol. The van der Waals surface area contributed by atoms with Crippen LogP contribution < -0.4 is 5.32 Å². The van der Waals surface area contributed by atoms with Crippen molar-refractivity contribution in [1.29, 1.82) is 5.26 Å². The van der Waals surface area contributed by atoms with Crippen molar-refractivity contribution in [2.24, 2.45) is 7.05 Å². The lowest BCUT2D eigenvalue weighted by atomic mass is 10.2. The van der Waals surface area contributed by atoms with Gasteiger partial charge in [-0.05, 0) is 30.3 Å². The summed E-state index contributed by atoms with van der Waals surface area (Å²) < 4.78 is 15.6. The number of carbonyl (C=O) groups is 1. The third kappa shape index (κ3) is 3.90.